The van der Waals surface area contributed by atoms with Crippen molar-refractivity contribution in [1.82, 2.24) is 4.90 Å². The molecule has 28 heavy (non-hydrogen) atoms. The van der Waals surface area contributed by atoms with E-state index in [1.807, 2.05) is 0 Å². The van der Waals surface area contributed by atoms with E-state index in [1.54, 1.807) is 42.5 Å². The predicted octanol–water partition coefficient (Wildman–Crippen LogP) is 1.24. The van der Waals surface area contributed by atoms with Crippen LogP contribution in [0, 0.1) is 0 Å². The number of imide groups is 1. The van der Waals surface area contributed by atoms with Crippen molar-refractivity contribution in [3.05, 3.63) is 59.2 Å². The second-order valence-corrected chi connectivity index (χ2v) is 8.63. The minimum atomic E-state index is -3.40. The zero-order valence-corrected chi connectivity index (χ0v) is 15.8. The number of carbonyl (C=O) groups is 3. The smallest absolute Gasteiger partial charge is 0.262 e. The number of nitrogens with zero attached hydrogens (tertiary/aromatic N) is 2. The van der Waals surface area contributed by atoms with Crippen molar-refractivity contribution in [1.29, 1.82) is 0 Å². The first-order valence-corrected chi connectivity index (χ1v) is 10.5. The first kappa shape index (κ1) is 18.2. The lowest BCUT2D eigenvalue weighted by Crippen LogP contribution is -2.37. The highest BCUT2D eigenvalue weighted by atomic mass is 32.2. The molecule has 0 saturated carbocycles. The lowest BCUT2D eigenvalue weighted by molar-refractivity contribution is -0.116. The van der Waals surface area contributed by atoms with Crippen molar-refractivity contribution >= 4 is 39.1 Å². The van der Waals surface area contributed by atoms with Gasteiger partial charge in [-0.1, -0.05) is 18.2 Å². The Hall–Kier alpha value is -3.20. The Morgan fingerprint density at radius 1 is 1.07 bits per heavy atom. The van der Waals surface area contributed by atoms with Gasteiger partial charge in [0.25, 0.3) is 11.8 Å². The Balaban J connectivity index is 1.50. The molecule has 0 radical (unpaired) electrons. The number of anilines is 2. The van der Waals surface area contributed by atoms with Crippen molar-refractivity contribution in [2.75, 3.05) is 29.0 Å². The number of fused-ring (bicyclic) bond motifs is 2. The average Bonchev–Trinajstić information content (AvgIpc) is 3.17. The fraction of sp³-hybridized carbons (Fsp3) is 0.211. The summed E-state index contributed by atoms with van der Waals surface area (Å²) in [7, 11) is -3.40. The number of carbonyl (C=O) groups excluding carboxylic acids is 3. The van der Waals surface area contributed by atoms with Crippen LogP contribution in [0.25, 0.3) is 0 Å². The molecule has 8 nitrogen and oxygen atoms in total. The van der Waals surface area contributed by atoms with Gasteiger partial charge in [-0.25, -0.2) is 8.42 Å². The number of sulfonamides is 1. The molecule has 2 heterocycles. The first-order valence-electron chi connectivity index (χ1n) is 8.61. The molecule has 3 amide bonds. The standard InChI is InChI=1S/C19H17N3O5S/c1-28(26,27)22-9-8-12-6-7-13(10-16(12)22)20-17(23)11-21-18(24)14-4-2-3-5-15(14)19(21)25/h2-7,10H,8-9,11H2,1H3,(H,20,23). The van der Waals surface area contributed by atoms with E-state index in [-0.39, 0.29) is 11.1 Å². The summed E-state index contributed by atoms with van der Waals surface area (Å²) in [4.78, 5) is 38.0. The molecule has 0 aliphatic carbocycles. The fourth-order valence-electron chi connectivity index (χ4n) is 3.50. The molecule has 4 rings (SSSR count). The molecule has 0 spiro atoms. The van der Waals surface area contributed by atoms with E-state index in [0.29, 0.717) is 24.3 Å². The van der Waals surface area contributed by atoms with Crippen molar-refractivity contribution in [3.8, 4) is 0 Å². The molecular formula is C19H17N3O5S. The van der Waals surface area contributed by atoms with Gasteiger partial charge in [0.15, 0.2) is 0 Å². The Bertz CT molecular complexity index is 1090. The number of benzene rings is 2. The number of hydrogen-bond donors (Lipinski definition) is 1. The van der Waals surface area contributed by atoms with Crippen LogP contribution in [0.1, 0.15) is 26.3 Å². The molecule has 0 saturated heterocycles. The van der Waals surface area contributed by atoms with Crippen LogP contribution in [-0.4, -0.2) is 50.4 Å². The van der Waals surface area contributed by atoms with Gasteiger partial charge in [-0.2, -0.15) is 0 Å². The van der Waals surface area contributed by atoms with Gasteiger partial charge in [0.05, 0.1) is 23.1 Å². The SMILES string of the molecule is CS(=O)(=O)N1CCc2ccc(NC(=O)CN3C(=O)c4ccccc4C3=O)cc21. The summed E-state index contributed by atoms with van der Waals surface area (Å²) in [5.41, 5.74) is 2.36. The van der Waals surface area contributed by atoms with Crippen LogP contribution in [0.4, 0.5) is 11.4 Å². The van der Waals surface area contributed by atoms with Crippen molar-refractivity contribution in [2.45, 2.75) is 6.42 Å². The maximum Gasteiger partial charge on any atom is 0.262 e. The molecule has 0 bridgehead atoms. The van der Waals surface area contributed by atoms with E-state index in [1.165, 1.54) is 4.31 Å². The third kappa shape index (κ3) is 3.03. The number of nitrogens with one attached hydrogen (secondary N) is 1. The molecule has 0 fully saturated rings. The summed E-state index contributed by atoms with van der Waals surface area (Å²) < 4.78 is 25.1. The molecular weight excluding hydrogens is 382 g/mol. The Morgan fingerprint density at radius 2 is 1.71 bits per heavy atom. The van der Waals surface area contributed by atoms with Gasteiger partial charge < -0.3 is 5.32 Å². The molecule has 1 N–H and O–H groups in total. The molecule has 0 atom stereocenters. The zero-order chi connectivity index (χ0) is 20.1. The van der Waals surface area contributed by atoms with Crippen molar-refractivity contribution < 1.29 is 22.8 Å². The largest absolute Gasteiger partial charge is 0.324 e. The maximum atomic E-state index is 12.4. The first-order chi connectivity index (χ1) is 13.3. The van der Waals surface area contributed by atoms with Crippen LogP contribution in [0.3, 0.4) is 0 Å². The third-order valence-electron chi connectivity index (χ3n) is 4.80. The summed E-state index contributed by atoms with van der Waals surface area (Å²) in [6.45, 7) is -0.0557. The van der Waals surface area contributed by atoms with E-state index in [0.717, 1.165) is 16.7 Å². The lowest BCUT2D eigenvalue weighted by Gasteiger charge is -2.18. The fourth-order valence-corrected chi connectivity index (χ4v) is 4.45. The Morgan fingerprint density at radius 3 is 2.32 bits per heavy atom. The Labute approximate surface area is 161 Å². The van der Waals surface area contributed by atoms with E-state index in [2.05, 4.69) is 5.32 Å². The predicted molar refractivity (Wildman–Crippen MR) is 103 cm³/mol. The molecule has 2 aromatic carbocycles. The van der Waals surface area contributed by atoms with Crippen LogP contribution < -0.4 is 9.62 Å². The monoisotopic (exact) mass is 399 g/mol. The van der Waals surface area contributed by atoms with Crippen molar-refractivity contribution in [2.24, 2.45) is 0 Å². The summed E-state index contributed by atoms with van der Waals surface area (Å²) in [6, 6.07) is 11.4. The van der Waals surface area contributed by atoms with Gasteiger partial charge in [0.1, 0.15) is 6.54 Å². The number of rotatable bonds is 4. The van der Waals surface area contributed by atoms with Crippen molar-refractivity contribution in [3.63, 3.8) is 0 Å². The van der Waals surface area contributed by atoms with E-state index >= 15 is 0 Å². The van der Waals surface area contributed by atoms with Gasteiger partial charge in [-0.15, -0.1) is 0 Å². The van der Waals surface area contributed by atoms with Gasteiger partial charge >= 0.3 is 0 Å². The second kappa shape index (κ2) is 6.45. The van der Waals surface area contributed by atoms with Gasteiger partial charge in [0, 0.05) is 12.2 Å². The topological polar surface area (TPSA) is 104 Å². The van der Waals surface area contributed by atoms with E-state index in [9.17, 15) is 22.8 Å². The minimum absolute atomic E-state index is 0.279. The average molecular weight is 399 g/mol. The van der Waals surface area contributed by atoms with Gasteiger partial charge in [-0.05, 0) is 36.2 Å². The highest BCUT2D eigenvalue weighted by Crippen LogP contribution is 2.32. The quantitative estimate of drug-likeness (QED) is 0.779. The third-order valence-corrected chi connectivity index (χ3v) is 5.98. The van der Waals surface area contributed by atoms with Gasteiger partial charge in [-0.3, -0.25) is 23.6 Å². The molecule has 144 valence electrons. The highest BCUT2D eigenvalue weighted by Gasteiger charge is 2.36. The Kier molecular flexibility index (Phi) is 4.19. The highest BCUT2D eigenvalue weighted by molar-refractivity contribution is 7.92. The minimum Gasteiger partial charge on any atom is -0.324 e. The maximum absolute atomic E-state index is 12.4. The molecule has 0 aromatic heterocycles. The molecule has 2 aliphatic rings. The van der Waals surface area contributed by atoms with Crippen LogP contribution in [0.2, 0.25) is 0 Å². The lowest BCUT2D eigenvalue weighted by atomic mass is 10.1. The molecule has 0 unspecified atom stereocenters. The van der Waals surface area contributed by atoms with Crippen LogP contribution in [-0.2, 0) is 21.2 Å². The van der Waals surface area contributed by atoms with Crippen LogP contribution in [0.5, 0.6) is 0 Å². The van der Waals surface area contributed by atoms with Gasteiger partial charge in [0.2, 0.25) is 15.9 Å². The summed E-state index contributed by atoms with van der Waals surface area (Å²) in [5.74, 6) is -1.56. The molecule has 2 aliphatic heterocycles. The summed E-state index contributed by atoms with van der Waals surface area (Å²) in [6.07, 6.45) is 1.74. The summed E-state index contributed by atoms with van der Waals surface area (Å²) >= 11 is 0. The van der Waals surface area contributed by atoms with E-state index < -0.39 is 34.3 Å². The molecule has 9 heteroatoms. The van der Waals surface area contributed by atoms with Crippen LogP contribution >= 0.6 is 0 Å². The van der Waals surface area contributed by atoms with E-state index in [4.69, 9.17) is 0 Å². The summed E-state index contributed by atoms with van der Waals surface area (Å²) in [5, 5.41) is 2.63. The normalized spacial score (nSPS) is 15.6. The zero-order valence-electron chi connectivity index (χ0n) is 15.0. The number of hydrogen-bond acceptors (Lipinski definition) is 5. The second-order valence-electron chi connectivity index (χ2n) is 6.72. The number of amides is 3. The molecule has 2 aromatic rings. The van der Waals surface area contributed by atoms with Crippen LogP contribution in [0.15, 0.2) is 42.5 Å².